The molecule has 2 aliphatic rings. The van der Waals surface area contributed by atoms with E-state index < -0.39 is 5.79 Å². The van der Waals surface area contributed by atoms with Gasteiger partial charge in [0.1, 0.15) is 12.2 Å². The molecule has 0 amide bonds. The summed E-state index contributed by atoms with van der Waals surface area (Å²) in [7, 11) is 0. The van der Waals surface area contributed by atoms with Crippen LogP contribution in [-0.2, 0) is 19.0 Å². The molecule has 0 aromatic rings. The maximum absolute atomic E-state index is 11.6. The molecule has 3 atom stereocenters. The van der Waals surface area contributed by atoms with Crippen molar-refractivity contribution in [2.24, 2.45) is 0 Å². The molecule has 0 bridgehead atoms. The van der Waals surface area contributed by atoms with Crippen LogP contribution < -0.4 is 0 Å². The molecule has 1 fully saturated rings. The van der Waals surface area contributed by atoms with Crippen LogP contribution in [0.5, 0.6) is 0 Å². The van der Waals surface area contributed by atoms with Crippen molar-refractivity contribution in [1.29, 1.82) is 0 Å². The highest BCUT2D eigenvalue weighted by Crippen LogP contribution is 2.30. The summed E-state index contributed by atoms with van der Waals surface area (Å²) in [6.07, 6.45) is 9.71. The van der Waals surface area contributed by atoms with Crippen LogP contribution in [0.2, 0.25) is 0 Å². The summed E-state index contributed by atoms with van der Waals surface area (Å²) < 4.78 is 16.8. The number of ether oxygens (including phenoxy) is 3. The highest BCUT2D eigenvalue weighted by atomic mass is 16.7. The van der Waals surface area contributed by atoms with Crippen molar-refractivity contribution in [2.45, 2.75) is 64.1 Å². The molecule has 0 aromatic heterocycles. The van der Waals surface area contributed by atoms with E-state index in [1.165, 1.54) is 6.08 Å². The SMILES string of the molecule is C[C@@H]1CCC/C=C/[C@H]2OC(C)(C)O[C@@H]2/C=C/C(=O)O1. The van der Waals surface area contributed by atoms with Gasteiger partial charge in [0, 0.05) is 6.08 Å². The molecule has 19 heavy (non-hydrogen) atoms. The lowest BCUT2D eigenvalue weighted by atomic mass is 10.1. The Kier molecular flexibility index (Phi) is 4.42. The molecule has 4 nitrogen and oxygen atoms in total. The zero-order valence-electron chi connectivity index (χ0n) is 11.8. The Balaban J connectivity index is 2.12. The van der Waals surface area contributed by atoms with E-state index in [0.717, 1.165) is 19.3 Å². The Labute approximate surface area is 114 Å². The molecule has 0 unspecified atom stereocenters. The average molecular weight is 266 g/mol. The second-order valence-corrected chi connectivity index (χ2v) is 5.53. The minimum absolute atomic E-state index is 0.0436. The van der Waals surface area contributed by atoms with Crippen molar-refractivity contribution in [3.63, 3.8) is 0 Å². The van der Waals surface area contributed by atoms with Crippen LogP contribution in [0, 0.1) is 0 Å². The van der Waals surface area contributed by atoms with Gasteiger partial charge in [0.25, 0.3) is 0 Å². The van der Waals surface area contributed by atoms with Crippen LogP contribution in [0.25, 0.3) is 0 Å². The average Bonchev–Trinajstić information content (AvgIpc) is 2.59. The van der Waals surface area contributed by atoms with E-state index in [0.29, 0.717) is 0 Å². The second kappa shape index (κ2) is 5.88. The van der Waals surface area contributed by atoms with Gasteiger partial charge in [-0.25, -0.2) is 4.79 Å². The van der Waals surface area contributed by atoms with Gasteiger partial charge in [-0.2, -0.15) is 0 Å². The molecular weight excluding hydrogens is 244 g/mol. The fourth-order valence-corrected chi connectivity index (χ4v) is 2.34. The fourth-order valence-electron chi connectivity index (χ4n) is 2.34. The summed E-state index contributed by atoms with van der Waals surface area (Å²) in [5.41, 5.74) is 0. The third-order valence-electron chi connectivity index (χ3n) is 3.21. The molecular formula is C15H22O4. The van der Waals surface area contributed by atoms with Gasteiger partial charge in [-0.1, -0.05) is 12.2 Å². The van der Waals surface area contributed by atoms with E-state index in [2.05, 4.69) is 6.08 Å². The van der Waals surface area contributed by atoms with Gasteiger partial charge < -0.3 is 14.2 Å². The van der Waals surface area contributed by atoms with Crippen LogP contribution in [0.4, 0.5) is 0 Å². The number of fused-ring (bicyclic) bond motifs is 1. The highest BCUT2D eigenvalue weighted by molar-refractivity contribution is 5.82. The summed E-state index contributed by atoms with van der Waals surface area (Å²) in [4.78, 5) is 11.6. The van der Waals surface area contributed by atoms with Crippen molar-refractivity contribution < 1.29 is 19.0 Å². The van der Waals surface area contributed by atoms with Crippen molar-refractivity contribution in [3.8, 4) is 0 Å². The van der Waals surface area contributed by atoms with Gasteiger partial charge in [-0.3, -0.25) is 0 Å². The first-order chi connectivity index (χ1) is 8.96. The van der Waals surface area contributed by atoms with Crippen LogP contribution in [0.15, 0.2) is 24.3 Å². The number of hydrogen-bond donors (Lipinski definition) is 0. The Hall–Kier alpha value is -1.13. The Bertz CT molecular complexity index is 384. The van der Waals surface area contributed by atoms with Crippen molar-refractivity contribution in [1.82, 2.24) is 0 Å². The lowest BCUT2D eigenvalue weighted by molar-refractivity contribution is -0.143. The quantitative estimate of drug-likeness (QED) is 0.499. The second-order valence-electron chi connectivity index (χ2n) is 5.53. The standard InChI is InChI=1S/C15H22O4/c1-11-7-5-4-6-8-12-13(9-10-14(16)17-11)19-15(2,3)18-12/h6,8-13H,4-5,7H2,1-3H3/b8-6+,10-9+/t11-,12-,13-/m1/s1. The smallest absolute Gasteiger partial charge is 0.330 e. The summed E-state index contributed by atoms with van der Waals surface area (Å²) in [5, 5.41) is 0. The summed E-state index contributed by atoms with van der Waals surface area (Å²) in [6.45, 7) is 5.67. The zero-order chi connectivity index (χ0) is 13.9. The molecule has 2 aliphatic heterocycles. The maximum Gasteiger partial charge on any atom is 0.330 e. The molecule has 0 radical (unpaired) electrons. The third-order valence-corrected chi connectivity index (χ3v) is 3.21. The van der Waals surface area contributed by atoms with E-state index in [1.807, 2.05) is 26.8 Å². The number of cyclic esters (lactones) is 1. The molecule has 2 heterocycles. The Morgan fingerprint density at radius 1 is 1.21 bits per heavy atom. The van der Waals surface area contributed by atoms with Gasteiger partial charge in [-0.05, 0) is 46.1 Å². The van der Waals surface area contributed by atoms with Crippen LogP contribution in [0.1, 0.15) is 40.0 Å². The van der Waals surface area contributed by atoms with E-state index in [-0.39, 0.29) is 24.3 Å². The van der Waals surface area contributed by atoms with Crippen molar-refractivity contribution in [3.05, 3.63) is 24.3 Å². The first-order valence-electron chi connectivity index (χ1n) is 6.87. The molecule has 0 N–H and O–H groups in total. The molecule has 0 spiro atoms. The van der Waals surface area contributed by atoms with Crippen molar-refractivity contribution >= 4 is 5.97 Å². The summed E-state index contributed by atoms with van der Waals surface area (Å²) >= 11 is 0. The Morgan fingerprint density at radius 2 is 1.89 bits per heavy atom. The minimum Gasteiger partial charge on any atom is -0.460 e. The molecule has 106 valence electrons. The van der Waals surface area contributed by atoms with Gasteiger partial charge in [-0.15, -0.1) is 0 Å². The molecule has 1 saturated heterocycles. The monoisotopic (exact) mass is 266 g/mol. The van der Waals surface area contributed by atoms with Crippen LogP contribution in [0.3, 0.4) is 0 Å². The first kappa shape index (κ1) is 14.3. The van der Waals surface area contributed by atoms with Gasteiger partial charge in [0.2, 0.25) is 0 Å². The summed E-state index contributed by atoms with van der Waals surface area (Å²) in [6, 6.07) is 0. The lowest BCUT2D eigenvalue weighted by Crippen LogP contribution is -2.21. The number of carbonyl (C=O) groups excluding carboxylic acids is 1. The third kappa shape index (κ3) is 4.18. The van der Waals surface area contributed by atoms with Gasteiger partial charge in [0.05, 0.1) is 6.10 Å². The number of rotatable bonds is 0. The minimum atomic E-state index is -0.624. The van der Waals surface area contributed by atoms with E-state index >= 15 is 0 Å². The van der Waals surface area contributed by atoms with E-state index in [9.17, 15) is 4.79 Å². The number of esters is 1. The molecule has 0 aromatic carbocycles. The summed E-state index contributed by atoms with van der Waals surface area (Å²) in [5.74, 6) is -0.939. The van der Waals surface area contributed by atoms with Crippen LogP contribution >= 0.6 is 0 Å². The lowest BCUT2D eigenvalue weighted by Gasteiger charge is -2.15. The predicted molar refractivity (Wildman–Crippen MR) is 71.5 cm³/mol. The Morgan fingerprint density at radius 3 is 2.63 bits per heavy atom. The van der Waals surface area contributed by atoms with Crippen LogP contribution in [-0.4, -0.2) is 30.1 Å². The number of allylic oxidation sites excluding steroid dienone is 1. The molecule has 0 saturated carbocycles. The number of hydrogen-bond acceptors (Lipinski definition) is 4. The molecule has 2 rings (SSSR count). The molecule has 0 aliphatic carbocycles. The predicted octanol–water partition coefficient (Wildman–Crippen LogP) is 2.73. The maximum atomic E-state index is 11.6. The van der Waals surface area contributed by atoms with Gasteiger partial charge in [0.15, 0.2) is 5.79 Å². The first-order valence-corrected chi connectivity index (χ1v) is 6.87. The molecule has 4 heteroatoms. The normalized spacial score (nSPS) is 38.5. The fraction of sp³-hybridized carbons (Fsp3) is 0.667. The highest BCUT2D eigenvalue weighted by Gasteiger charge is 2.38. The largest absolute Gasteiger partial charge is 0.460 e. The van der Waals surface area contributed by atoms with E-state index in [1.54, 1.807) is 6.08 Å². The van der Waals surface area contributed by atoms with Crippen molar-refractivity contribution in [2.75, 3.05) is 0 Å². The number of carbonyl (C=O) groups is 1. The van der Waals surface area contributed by atoms with E-state index in [4.69, 9.17) is 14.2 Å². The van der Waals surface area contributed by atoms with Gasteiger partial charge >= 0.3 is 5.97 Å². The topological polar surface area (TPSA) is 44.8 Å². The zero-order valence-corrected chi connectivity index (χ0v) is 11.8.